The van der Waals surface area contributed by atoms with E-state index >= 15 is 0 Å². The number of nitrogens with zero attached hydrogens (tertiary/aromatic N) is 2. The van der Waals surface area contributed by atoms with Gasteiger partial charge in [0.2, 0.25) is 0 Å². The second kappa shape index (κ2) is 6.80. The molecule has 2 aromatic rings. The molecule has 2 rings (SSSR count). The van der Waals surface area contributed by atoms with Gasteiger partial charge in [0.05, 0.1) is 5.57 Å². The van der Waals surface area contributed by atoms with Crippen molar-refractivity contribution in [3.63, 3.8) is 0 Å². The molecule has 1 aromatic carbocycles. The van der Waals surface area contributed by atoms with Crippen LogP contribution in [0.3, 0.4) is 0 Å². The molecule has 25 heavy (non-hydrogen) atoms. The first-order valence-electron chi connectivity index (χ1n) is 6.91. The molecule has 0 saturated carbocycles. The minimum Gasteiger partial charge on any atom is -0.477 e. The molecule has 6 nitrogen and oxygen atoms in total. The lowest BCUT2D eigenvalue weighted by Crippen LogP contribution is -2.25. The van der Waals surface area contributed by atoms with Crippen molar-refractivity contribution in [1.29, 1.82) is 0 Å². The predicted molar refractivity (Wildman–Crippen MR) is 81.6 cm³/mol. The second-order valence-electron chi connectivity index (χ2n) is 5.24. The molecule has 0 amide bonds. The molecule has 0 fully saturated rings. The van der Waals surface area contributed by atoms with Gasteiger partial charge in [0.1, 0.15) is 11.3 Å². The SMILES string of the molecule is CN(C)C=C(C(=O)C(F)(F)F)c1onc(-c2ccccc2)c1C(=O)O. The zero-order valence-electron chi connectivity index (χ0n) is 13.2. The largest absolute Gasteiger partial charge is 0.477 e. The van der Waals surface area contributed by atoms with E-state index in [0.717, 1.165) is 6.20 Å². The molecule has 0 bridgehead atoms. The Balaban J connectivity index is 2.70. The van der Waals surface area contributed by atoms with Gasteiger partial charge in [-0.1, -0.05) is 35.5 Å². The average molecular weight is 354 g/mol. The third kappa shape index (κ3) is 3.87. The number of aromatic nitrogens is 1. The van der Waals surface area contributed by atoms with Gasteiger partial charge in [0, 0.05) is 25.9 Å². The van der Waals surface area contributed by atoms with Crippen LogP contribution < -0.4 is 0 Å². The highest BCUT2D eigenvalue weighted by molar-refractivity contribution is 6.24. The van der Waals surface area contributed by atoms with E-state index in [0.29, 0.717) is 5.56 Å². The van der Waals surface area contributed by atoms with Gasteiger partial charge in [-0.15, -0.1) is 0 Å². The third-order valence-electron chi connectivity index (χ3n) is 3.09. The fourth-order valence-electron chi connectivity index (χ4n) is 2.10. The first-order chi connectivity index (χ1) is 11.6. The number of hydrogen-bond acceptors (Lipinski definition) is 5. The number of alkyl halides is 3. The van der Waals surface area contributed by atoms with E-state index in [9.17, 15) is 27.9 Å². The van der Waals surface area contributed by atoms with Crippen LogP contribution in [-0.4, -0.2) is 47.2 Å². The summed E-state index contributed by atoms with van der Waals surface area (Å²) < 4.78 is 43.5. The molecule has 0 radical (unpaired) electrons. The van der Waals surface area contributed by atoms with Gasteiger partial charge in [0.15, 0.2) is 5.76 Å². The highest BCUT2D eigenvalue weighted by Crippen LogP contribution is 2.33. The van der Waals surface area contributed by atoms with Gasteiger partial charge in [-0.2, -0.15) is 13.2 Å². The molecule has 0 unspecified atom stereocenters. The van der Waals surface area contributed by atoms with Crippen molar-refractivity contribution in [3.05, 3.63) is 47.9 Å². The summed E-state index contributed by atoms with van der Waals surface area (Å²) in [6.45, 7) is 0. The van der Waals surface area contributed by atoms with Crippen LogP contribution in [0.1, 0.15) is 16.1 Å². The minimum atomic E-state index is -5.20. The number of allylic oxidation sites excluding steroid dienone is 1. The van der Waals surface area contributed by atoms with E-state index in [1.165, 1.54) is 31.1 Å². The summed E-state index contributed by atoms with van der Waals surface area (Å²) in [6.07, 6.45) is -4.35. The van der Waals surface area contributed by atoms with Crippen LogP contribution in [0, 0.1) is 0 Å². The van der Waals surface area contributed by atoms with E-state index in [2.05, 4.69) is 5.16 Å². The Hall–Kier alpha value is -3.10. The van der Waals surface area contributed by atoms with E-state index < -0.39 is 34.8 Å². The lowest BCUT2D eigenvalue weighted by Gasteiger charge is -2.11. The summed E-state index contributed by atoms with van der Waals surface area (Å²) in [5, 5.41) is 13.0. The molecular formula is C16H13F3N2O4. The van der Waals surface area contributed by atoms with E-state index in [4.69, 9.17) is 4.52 Å². The molecule has 1 N–H and O–H groups in total. The summed E-state index contributed by atoms with van der Waals surface area (Å²) in [5.41, 5.74) is -1.39. The van der Waals surface area contributed by atoms with Crippen LogP contribution >= 0.6 is 0 Å². The van der Waals surface area contributed by atoms with Gasteiger partial charge < -0.3 is 14.5 Å². The van der Waals surface area contributed by atoms with Crippen LogP contribution in [0.25, 0.3) is 16.8 Å². The average Bonchev–Trinajstić information content (AvgIpc) is 2.96. The van der Waals surface area contributed by atoms with Crippen molar-refractivity contribution in [1.82, 2.24) is 10.1 Å². The molecule has 0 aliphatic carbocycles. The van der Waals surface area contributed by atoms with Gasteiger partial charge >= 0.3 is 12.1 Å². The van der Waals surface area contributed by atoms with Crippen molar-refractivity contribution in [2.45, 2.75) is 6.18 Å². The Morgan fingerprint density at radius 2 is 1.80 bits per heavy atom. The second-order valence-corrected chi connectivity index (χ2v) is 5.24. The third-order valence-corrected chi connectivity index (χ3v) is 3.09. The van der Waals surface area contributed by atoms with Gasteiger partial charge in [0.25, 0.3) is 5.78 Å². The predicted octanol–water partition coefficient (Wildman–Crippen LogP) is 3.07. The van der Waals surface area contributed by atoms with Crippen LogP contribution in [-0.2, 0) is 4.79 Å². The molecule has 9 heteroatoms. The number of halogens is 3. The van der Waals surface area contributed by atoms with Gasteiger partial charge in [-0.05, 0) is 0 Å². The van der Waals surface area contributed by atoms with Crippen LogP contribution in [0.2, 0.25) is 0 Å². The first kappa shape index (κ1) is 18.2. The van der Waals surface area contributed by atoms with Crippen molar-refractivity contribution in [3.8, 4) is 11.3 Å². The first-order valence-corrected chi connectivity index (χ1v) is 6.91. The van der Waals surface area contributed by atoms with Crippen LogP contribution in [0.4, 0.5) is 13.2 Å². The van der Waals surface area contributed by atoms with E-state index in [1.807, 2.05) is 0 Å². The number of hydrogen-bond donors (Lipinski definition) is 1. The maximum Gasteiger partial charge on any atom is 0.455 e. The quantitative estimate of drug-likeness (QED) is 0.831. The Bertz CT molecular complexity index is 824. The number of carbonyl (C=O) groups excluding carboxylic acids is 1. The molecule has 0 atom stereocenters. The highest BCUT2D eigenvalue weighted by atomic mass is 19.4. The number of carboxylic acids is 1. The van der Waals surface area contributed by atoms with Crippen molar-refractivity contribution in [2.24, 2.45) is 0 Å². The maximum atomic E-state index is 12.9. The monoisotopic (exact) mass is 354 g/mol. The molecule has 1 heterocycles. The molecule has 0 aliphatic heterocycles. The zero-order chi connectivity index (χ0) is 18.8. The number of carbonyl (C=O) groups is 2. The summed E-state index contributed by atoms with van der Waals surface area (Å²) in [4.78, 5) is 24.5. The number of benzene rings is 1. The molecule has 132 valence electrons. The number of carboxylic acid groups (broad SMARTS) is 1. The van der Waals surface area contributed by atoms with Crippen LogP contribution in [0.15, 0.2) is 41.1 Å². The normalized spacial score (nSPS) is 12.1. The fraction of sp³-hybridized carbons (Fsp3) is 0.188. The molecule has 0 saturated heterocycles. The highest BCUT2D eigenvalue weighted by Gasteiger charge is 2.44. The number of ketones is 1. The number of aromatic carboxylic acids is 1. The smallest absolute Gasteiger partial charge is 0.455 e. The lowest BCUT2D eigenvalue weighted by atomic mass is 10.0. The van der Waals surface area contributed by atoms with Crippen LogP contribution in [0.5, 0.6) is 0 Å². The number of rotatable bonds is 5. The van der Waals surface area contributed by atoms with Crippen molar-refractivity contribution in [2.75, 3.05) is 14.1 Å². The Kier molecular flexibility index (Phi) is 4.96. The fourth-order valence-corrected chi connectivity index (χ4v) is 2.10. The minimum absolute atomic E-state index is 0.164. The maximum absolute atomic E-state index is 12.9. The van der Waals surface area contributed by atoms with E-state index in [-0.39, 0.29) is 5.69 Å². The summed E-state index contributed by atoms with van der Waals surface area (Å²) in [7, 11) is 2.77. The topological polar surface area (TPSA) is 83.6 Å². The summed E-state index contributed by atoms with van der Waals surface area (Å²) in [6, 6.07) is 7.93. The summed E-state index contributed by atoms with van der Waals surface area (Å²) in [5.74, 6) is -4.53. The van der Waals surface area contributed by atoms with Gasteiger partial charge in [-0.3, -0.25) is 4.79 Å². The Morgan fingerprint density at radius 1 is 1.20 bits per heavy atom. The van der Waals surface area contributed by atoms with Gasteiger partial charge in [-0.25, -0.2) is 4.79 Å². The molecule has 0 aliphatic rings. The standard InChI is InChI=1S/C16H13F3N2O4/c1-21(2)8-10(14(22)16(17,18)19)13-11(15(23)24)12(20-25-13)9-6-4-3-5-7-9/h3-8H,1-2H3,(H,23,24). The Morgan fingerprint density at radius 3 is 2.28 bits per heavy atom. The lowest BCUT2D eigenvalue weighted by molar-refractivity contribution is -0.164. The Labute approximate surface area is 140 Å². The number of Topliss-reactive ketones (excluding diaryl/α,β-unsaturated/α-hetero) is 1. The molecule has 1 aromatic heterocycles. The van der Waals surface area contributed by atoms with Crippen molar-refractivity contribution < 1.29 is 32.4 Å². The van der Waals surface area contributed by atoms with Crippen molar-refractivity contribution >= 4 is 17.3 Å². The summed E-state index contributed by atoms with van der Waals surface area (Å²) >= 11 is 0. The zero-order valence-corrected chi connectivity index (χ0v) is 13.2. The molecular weight excluding hydrogens is 341 g/mol. The van der Waals surface area contributed by atoms with E-state index in [1.54, 1.807) is 18.2 Å². The molecule has 0 spiro atoms.